The molecule has 0 saturated heterocycles. The van der Waals surface area contributed by atoms with E-state index in [1.54, 1.807) is 0 Å². The van der Waals surface area contributed by atoms with Crippen LogP contribution in [0.15, 0.2) is 60.7 Å². The first-order chi connectivity index (χ1) is 11.6. The Balaban J connectivity index is 2.15. The number of para-hydroxylation sites is 1. The summed E-state index contributed by atoms with van der Waals surface area (Å²) in [5, 5.41) is 5.54. The van der Waals surface area contributed by atoms with Crippen molar-refractivity contribution in [2.75, 3.05) is 0 Å². The lowest BCUT2D eigenvalue weighted by Crippen LogP contribution is -2.21. The van der Waals surface area contributed by atoms with E-state index in [0.717, 1.165) is 0 Å². The maximum Gasteiger partial charge on any atom is 0.0503 e. The van der Waals surface area contributed by atoms with Gasteiger partial charge >= 0.3 is 0 Å². The predicted octanol–water partition coefficient (Wildman–Crippen LogP) is 6.92. The van der Waals surface area contributed by atoms with Gasteiger partial charge in [0.05, 0.1) is 5.52 Å². The lowest BCUT2D eigenvalue weighted by Gasteiger charge is -2.24. The third-order valence-electron chi connectivity index (χ3n) is 4.85. The van der Waals surface area contributed by atoms with Crippen LogP contribution in [0.2, 0.25) is 0 Å². The van der Waals surface area contributed by atoms with Gasteiger partial charge in [0.15, 0.2) is 0 Å². The molecule has 118 valence electrons. The minimum atomic E-state index is 0.0425. The monoisotopic (exact) mass is 329 g/mol. The SMILES string of the molecule is CC(C)(C)n1c2ccccc2c2c3c(ccc21)sc1ccccc13. The Morgan fingerprint density at radius 1 is 0.667 bits per heavy atom. The molecular weight excluding hydrogens is 310 g/mol. The number of rotatable bonds is 0. The molecule has 0 N–H and O–H groups in total. The molecule has 1 nitrogen and oxygen atoms in total. The summed E-state index contributed by atoms with van der Waals surface area (Å²) in [4.78, 5) is 0. The van der Waals surface area contributed by atoms with Crippen molar-refractivity contribution in [3.63, 3.8) is 0 Å². The van der Waals surface area contributed by atoms with E-state index in [4.69, 9.17) is 0 Å². The largest absolute Gasteiger partial charge is 0.335 e. The third kappa shape index (κ3) is 1.75. The van der Waals surface area contributed by atoms with Crippen molar-refractivity contribution in [1.29, 1.82) is 0 Å². The molecule has 24 heavy (non-hydrogen) atoms. The first kappa shape index (κ1) is 14.1. The van der Waals surface area contributed by atoms with Crippen molar-refractivity contribution in [3.8, 4) is 0 Å². The number of aromatic nitrogens is 1. The van der Waals surface area contributed by atoms with Crippen LogP contribution < -0.4 is 0 Å². The zero-order valence-electron chi connectivity index (χ0n) is 14.1. The Bertz CT molecular complexity index is 1230. The van der Waals surface area contributed by atoms with E-state index in [0.29, 0.717) is 0 Å². The van der Waals surface area contributed by atoms with Crippen molar-refractivity contribution < 1.29 is 0 Å². The molecule has 0 spiro atoms. The fourth-order valence-electron chi connectivity index (χ4n) is 4.00. The molecule has 2 heterocycles. The Morgan fingerprint density at radius 2 is 1.38 bits per heavy atom. The van der Waals surface area contributed by atoms with Crippen LogP contribution in [0.4, 0.5) is 0 Å². The first-order valence-corrected chi connectivity index (χ1v) is 9.21. The minimum absolute atomic E-state index is 0.0425. The van der Waals surface area contributed by atoms with Crippen LogP contribution in [-0.4, -0.2) is 4.57 Å². The number of nitrogens with zero attached hydrogens (tertiary/aromatic N) is 1. The number of hydrogen-bond donors (Lipinski definition) is 0. The summed E-state index contributed by atoms with van der Waals surface area (Å²) in [5.41, 5.74) is 2.70. The van der Waals surface area contributed by atoms with Gasteiger partial charge in [0, 0.05) is 42.0 Å². The molecule has 5 rings (SSSR count). The molecule has 0 unspecified atom stereocenters. The summed E-state index contributed by atoms with van der Waals surface area (Å²) >= 11 is 1.89. The second-order valence-corrected chi connectivity index (χ2v) is 8.54. The highest BCUT2D eigenvalue weighted by Gasteiger charge is 2.22. The summed E-state index contributed by atoms with van der Waals surface area (Å²) in [7, 11) is 0. The smallest absolute Gasteiger partial charge is 0.0503 e. The molecule has 0 fully saturated rings. The van der Waals surface area contributed by atoms with Gasteiger partial charge in [-0.25, -0.2) is 0 Å². The van der Waals surface area contributed by atoms with E-state index in [9.17, 15) is 0 Å². The summed E-state index contributed by atoms with van der Waals surface area (Å²) in [6, 6.07) is 22.2. The summed E-state index contributed by atoms with van der Waals surface area (Å²) in [5.74, 6) is 0. The summed E-state index contributed by atoms with van der Waals surface area (Å²) < 4.78 is 5.23. The van der Waals surface area contributed by atoms with Crippen LogP contribution >= 0.6 is 11.3 Å². The molecule has 3 aromatic carbocycles. The summed E-state index contributed by atoms with van der Waals surface area (Å²) in [6.07, 6.45) is 0. The molecule has 0 atom stereocenters. The Labute approximate surface area is 145 Å². The van der Waals surface area contributed by atoms with Gasteiger partial charge < -0.3 is 4.57 Å². The van der Waals surface area contributed by atoms with Crippen LogP contribution in [-0.2, 0) is 5.54 Å². The lowest BCUT2D eigenvalue weighted by atomic mass is 10.1. The normalized spacial score (nSPS) is 12.8. The molecule has 0 bridgehead atoms. The number of fused-ring (bicyclic) bond motifs is 7. The molecule has 0 saturated carbocycles. The Morgan fingerprint density at radius 3 is 2.17 bits per heavy atom. The minimum Gasteiger partial charge on any atom is -0.335 e. The van der Waals surface area contributed by atoms with Crippen LogP contribution in [0.5, 0.6) is 0 Å². The zero-order valence-corrected chi connectivity index (χ0v) is 14.9. The molecule has 0 aliphatic carbocycles. The van der Waals surface area contributed by atoms with Gasteiger partial charge in [-0.1, -0.05) is 36.4 Å². The van der Waals surface area contributed by atoms with Gasteiger partial charge in [0.1, 0.15) is 0 Å². The molecule has 2 aromatic heterocycles. The van der Waals surface area contributed by atoms with Gasteiger partial charge in [-0.3, -0.25) is 0 Å². The molecule has 2 heteroatoms. The first-order valence-electron chi connectivity index (χ1n) is 8.39. The van der Waals surface area contributed by atoms with E-state index in [2.05, 4.69) is 86.0 Å². The van der Waals surface area contributed by atoms with Gasteiger partial charge in [0.25, 0.3) is 0 Å². The van der Waals surface area contributed by atoms with Gasteiger partial charge in [-0.2, -0.15) is 0 Å². The van der Waals surface area contributed by atoms with E-state index in [-0.39, 0.29) is 5.54 Å². The predicted molar refractivity (Wildman–Crippen MR) is 107 cm³/mol. The van der Waals surface area contributed by atoms with Gasteiger partial charge in [0.2, 0.25) is 0 Å². The number of benzene rings is 3. The fraction of sp³-hybridized carbons (Fsp3) is 0.182. The Kier molecular flexibility index (Phi) is 2.70. The topological polar surface area (TPSA) is 4.93 Å². The van der Waals surface area contributed by atoms with Crippen molar-refractivity contribution in [2.45, 2.75) is 26.3 Å². The number of thiophene rings is 1. The molecule has 0 aliphatic heterocycles. The maximum atomic E-state index is 2.49. The van der Waals surface area contributed by atoms with Gasteiger partial charge in [-0.05, 0) is 45.0 Å². The quantitative estimate of drug-likeness (QED) is 0.291. The van der Waals surface area contributed by atoms with Gasteiger partial charge in [-0.15, -0.1) is 11.3 Å². The molecule has 5 aromatic rings. The van der Waals surface area contributed by atoms with Crippen LogP contribution in [0, 0.1) is 0 Å². The average Bonchev–Trinajstić information content (AvgIpc) is 3.09. The van der Waals surface area contributed by atoms with Crippen molar-refractivity contribution in [3.05, 3.63) is 60.7 Å². The second kappa shape index (κ2) is 4.61. The standard InChI is InChI=1S/C22H19NS/c1-22(2,3)23-16-10-6-4-8-14(16)20-17(23)12-13-19-21(20)15-9-5-7-11-18(15)24-19/h4-13H,1-3H3. The van der Waals surface area contributed by atoms with Crippen LogP contribution in [0.25, 0.3) is 42.0 Å². The zero-order chi connectivity index (χ0) is 16.5. The molecular formula is C22H19NS. The van der Waals surface area contributed by atoms with Crippen molar-refractivity contribution in [1.82, 2.24) is 4.57 Å². The highest BCUT2D eigenvalue weighted by Crippen LogP contribution is 2.43. The molecule has 0 aliphatic rings. The second-order valence-electron chi connectivity index (χ2n) is 7.45. The summed E-state index contributed by atoms with van der Waals surface area (Å²) in [6.45, 7) is 6.86. The van der Waals surface area contributed by atoms with E-state index in [1.165, 1.54) is 42.0 Å². The number of hydrogen-bond acceptors (Lipinski definition) is 1. The molecule has 0 amide bonds. The molecule has 0 radical (unpaired) electrons. The van der Waals surface area contributed by atoms with E-state index in [1.807, 2.05) is 11.3 Å². The average molecular weight is 329 g/mol. The van der Waals surface area contributed by atoms with E-state index >= 15 is 0 Å². The highest BCUT2D eigenvalue weighted by molar-refractivity contribution is 7.26. The fourth-order valence-corrected chi connectivity index (χ4v) is 5.11. The highest BCUT2D eigenvalue weighted by atomic mass is 32.1. The van der Waals surface area contributed by atoms with Crippen LogP contribution in [0.1, 0.15) is 20.8 Å². The van der Waals surface area contributed by atoms with Crippen LogP contribution in [0.3, 0.4) is 0 Å². The van der Waals surface area contributed by atoms with Crippen molar-refractivity contribution >= 4 is 53.3 Å². The van der Waals surface area contributed by atoms with E-state index < -0.39 is 0 Å². The Hall–Kier alpha value is -2.32. The third-order valence-corrected chi connectivity index (χ3v) is 5.98. The lowest BCUT2D eigenvalue weighted by molar-refractivity contribution is 0.423. The van der Waals surface area contributed by atoms with Crippen molar-refractivity contribution in [2.24, 2.45) is 0 Å². The maximum absolute atomic E-state index is 2.49.